The third-order valence-electron chi connectivity index (χ3n) is 4.63. The molecule has 0 saturated heterocycles. The molecular weight excluding hydrogens is 254 g/mol. The van der Waals surface area contributed by atoms with E-state index in [1.807, 2.05) is 18.2 Å². The largest absolute Gasteiger partial charge is 0.490 e. The fourth-order valence-corrected chi connectivity index (χ4v) is 3.41. The van der Waals surface area contributed by atoms with Crippen molar-refractivity contribution in [1.29, 1.82) is 0 Å². The fraction of sp³-hybridized carbons (Fsp3) is 0.562. The van der Waals surface area contributed by atoms with E-state index in [-0.39, 0.29) is 11.8 Å². The average Bonchev–Trinajstić information content (AvgIpc) is 3.13. The van der Waals surface area contributed by atoms with E-state index in [1.54, 1.807) is 0 Å². The predicted molar refractivity (Wildman–Crippen MR) is 75.0 cm³/mol. The molecule has 2 fully saturated rings. The molecule has 2 aliphatic carbocycles. The van der Waals surface area contributed by atoms with Gasteiger partial charge in [0.2, 0.25) is 5.91 Å². The number of amides is 1. The van der Waals surface area contributed by atoms with Gasteiger partial charge >= 0.3 is 0 Å². The smallest absolute Gasteiger partial charge is 0.227 e. The number of anilines is 1. The van der Waals surface area contributed by atoms with Crippen molar-refractivity contribution in [2.24, 2.45) is 17.8 Å². The summed E-state index contributed by atoms with van der Waals surface area (Å²) in [7, 11) is 0. The zero-order valence-electron chi connectivity index (χ0n) is 11.4. The number of ether oxygens (including phenoxy) is 2. The van der Waals surface area contributed by atoms with Crippen molar-refractivity contribution in [1.82, 2.24) is 0 Å². The highest BCUT2D eigenvalue weighted by atomic mass is 16.5. The predicted octanol–water partition coefficient (Wildman–Crippen LogP) is 2.83. The van der Waals surface area contributed by atoms with Gasteiger partial charge in [-0.15, -0.1) is 0 Å². The normalized spacial score (nSPS) is 30.3. The molecule has 4 nitrogen and oxygen atoms in total. The van der Waals surface area contributed by atoms with E-state index in [2.05, 4.69) is 5.32 Å². The highest BCUT2D eigenvalue weighted by Gasteiger charge is 2.47. The van der Waals surface area contributed by atoms with Gasteiger partial charge in [0.05, 0.1) is 13.2 Å². The third kappa shape index (κ3) is 2.23. The van der Waals surface area contributed by atoms with E-state index in [0.717, 1.165) is 48.3 Å². The van der Waals surface area contributed by atoms with Crippen molar-refractivity contribution in [3.63, 3.8) is 0 Å². The Morgan fingerprint density at radius 1 is 1.05 bits per heavy atom. The Kier molecular flexibility index (Phi) is 2.83. The van der Waals surface area contributed by atoms with Crippen LogP contribution < -0.4 is 14.8 Å². The van der Waals surface area contributed by atoms with Crippen LogP contribution in [0.3, 0.4) is 0 Å². The second-order valence-electron chi connectivity index (χ2n) is 6.13. The molecule has 1 heterocycles. The van der Waals surface area contributed by atoms with Gasteiger partial charge in [0, 0.05) is 24.1 Å². The van der Waals surface area contributed by atoms with Gasteiger partial charge in [-0.2, -0.15) is 0 Å². The van der Waals surface area contributed by atoms with Gasteiger partial charge in [-0.05, 0) is 43.2 Å². The van der Waals surface area contributed by atoms with Crippen molar-refractivity contribution < 1.29 is 14.3 Å². The lowest BCUT2D eigenvalue weighted by molar-refractivity contribution is -0.120. The minimum Gasteiger partial charge on any atom is -0.490 e. The molecule has 0 radical (unpaired) electrons. The quantitative estimate of drug-likeness (QED) is 0.901. The van der Waals surface area contributed by atoms with Crippen LogP contribution in [0.2, 0.25) is 0 Å². The fourth-order valence-electron chi connectivity index (χ4n) is 3.41. The Labute approximate surface area is 118 Å². The Hall–Kier alpha value is -1.71. The molecule has 4 heteroatoms. The van der Waals surface area contributed by atoms with Gasteiger partial charge in [0.25, 0.3) is 0 Å². The summed E-state index contributed by atoms with van der Waals surface area (Å²) in [5.74, 6) is 3.52. The van der Waals surface area contributed by atoms with E-state index in [9.17, 15) is 4.79 Å². The van der Waals surface area contributed by atoms with Crippen molar-refractivity contribution in [3.8, 4) is 11.5 Å². The van der Waals surface area contributed by atoms with E-state index < -0.39 is 0 Å². The third-order valence-corrected chi connectivity index (χ3v) is 4.63. The Bertz CT molecular complexity index is 533. The van der Waals surface area contributed by atoms with Gasteiger partial charge in [-0.1, -0.05) is 0 Å². The van der Waals surface area contributed by atoms with E-state index >= 15 is 0 Å². The lowest BCUT2D eigenvalue weighted by atomic mass is 10.0. The summed E-state index contributed by atoms with van der Waals surface area (Å²) >= 11 is 0. The van der Waals surface area contributed by atoms with E-state index in [4.69, 9.17) is 9.47 Å². The number of carbonyl (C=O) groups is 1. The summed E-state index contributed by atoms with van der Waals surface area (Å²) in [4.78, 5) is 12.2. The van der Waals surface area contributed by atoms with Gasteiger partial charge < -0.3 is 14.8 Å². The maximum atomic E-state index is 12.2. The van der Waals surface area contributed by atoms with Crippen LogP contribution in [-0.4, -0.2) is 19.1 Å². The zero-order chi connectivity index (χ0) is 13.5. The first-order valence-electron chi connectivity index (χ1n) is 7.50. The highest BCUT2D eigenvalue weighted by Crippen LogP contribution is 2.54. The monoisotopic (exact) mass is 273 g/mol. The zero-order valence-corrected chi connectivity index (χ0v) is 11.4. The van der Waals surface area contributed by atoms with Crippen molar-refractivity contribution in [2.75, 3.05) is 18.5 Å². The molecular formula is C16H19NO3. The average molecular weight is 273 g/mol. The van der Waals surface area contributed by atoms with Crippen molar-refractivity contribution >= 4 is 11.6 Å². The van der Waals surface area contributed by atoms with Gasteiger partial charge in [-0.3, -0.25) is 4.79 Å². The minimum absolute atomic E-state index is 0.159. The lowest BCUT2D eigenvalue weighted by Crippen LogP contribution is -2.21. The van der Waals surface area contributed by atoms with Crippen LogP contribution in [0.1, 0.15) is 25.7 Å². The van der Waals surface area contributed by atoms with Crippen LogP contribution in [-0.2, 0) is 4.79 Å². The Morgan fingerprint density at radius 2 is 1.80 bits per heavy atom. The highest BCUT2D eigenvalue weighted by molar-refractivity contribution is 5.93. The van der Waals surface area contributed by atoms with Crippen LogP contribution >= 0.6 is 0 Å². The SMILES string of the molecule is O=C(Nc1ccc2c(c1)OCCCO2)C1CC2CC2C1. The molecule has 2 saturated carbocycles. The number of rotatable bonds is 2. The summed E-state index contributed by atoms with van der Waals surface area (Å²) in [5, 5.41) is 3.02. The van der Waals surface area contributed by atoms with Crippen LogP contribution in [0.4, 0.5) is 5.69 Å². The first-order valence-corrected chi connectivity index (χ1v) is 7.50. The molecule has 0 bridgehead atoms. The molecule has 0 aromatic heterocycles. The number of nitrogens with one attached hydrogen (secondary N) is 1. The Balaban J connectivity index is 1.45. The van der Waals surface area contributed by atoms with Crippen molar-refractivity contribution in [3.05, 3.63) is 18.2 Å². The van der Waals surface area contributed by atoms with Gasteiger partial charge in [0.15, 0.2) is 11.5 Å². The number of fused-ring (bicyclic) bond motifs is 2. The van der Waals surface area contributed by atoms with Crippen molar-refractivity contribution in [2.45, 2.75) is 25.7 Å². The van der Waals surface area contributed by atoms with E-state index in [1.165, 1.54) is 6.42 Å². The molecule has 2 atom stereocenters. The summed E-state index contributed by atoms with van der Waals surface area (Å²) < 4.78 is 11.2. The topological polar surface area (TPSA) is 47.6 Å². The summed E-state index contributed by atoms with van der Waals surface area (Å²) in [5.41, 5.74) is 0.805. The molecule has 4 rings (SSSR count). The molecule has 2 unspecified atom stereocenters. The molecule has 106 valence electrons. The van der Waals surface area contributed by atoms with Gasteiger partial charge in [0.1, 0.15) is 0 Å². The molecule has 20 heavy (non-hydrogen) atoms. The Morgan fingerprint density at radius 3 is 2.60 bits per heavy atom. The maximum Gasteiger partial charge on any atom is 0.227 e. The maximum absolute atomic E-state index is 12.2. The van der Waals surface area contributed by atoms with Crippen LogP contribution in [0.5, 0.6) is 11.5 Å². The number of hydrogen-bond acceptors (Lipinski definition) is 3. The minimum atomic E-state index is 0.159. The van der Waals surface area contributed by atoms with E-state index in [0.29, 0.717) is 13.2 Å². The number of benzene rings is 1. The summed E-state index contributed by atoms with van der Waals surface area (Å²) in [6, 6.07) is 5.64. The second kappa shape index (κ2) is 4.69. The first kappa shape index (κ1) is 12.1. The molecule has 3 aliphatic rings. The summed E-state index contributed by atoms with van der Waals surface area (Å²) in [6.45, 7) is 1.35. The van der Waals surface area contributed by atoms with Crippen LogP contribution in [0, 0.1) is 17.8 Å². The number of carbonyl (C=O) groups excluding carboxylic acids is 1. The number of hydrogen-bond donors (Lipinski definition) is 1. The standard InChI is InChI=1S/C16H19NO3/c18-16(12-7-10-6-11(10)8-12)17-13-2-3-14-15(9-13)20-5-1-4-19-14/h2-3,9-12H,1,4-8H2,(H,17,18). The molecule has 0 spiro atoms. The van der Waals surface area contributed by atoms with Gasteiger partial charge in [-0.25, -0.2) is 0 Å². The molecule has 1 N–H and O–H groups in total. The molecule has 1 amide bonds. The van der Waals surface area contributed by atoms with Crippen LogP contribution in [0.25, 0.3) is 0 Å². The molecule has 1 aliphatic heterocycles. The summed E-state index contributed by atoms with van der Waals surface area (Å²) in [6.07, 6.45) is 4.37. The second-order valence-corrected chi connectivity index (χ2v) is 6.13. The lowest BCUT2D eigenvalue weighted by Gasteiger charge is -2.14. The first-order chi connectivity index (χ1) is 9.79. The molecule has 1 aromatic rings. The molecule has 1 aromatic carbocycles. The van der Waals surface area contributed by atoms with Crippen LogP contribution in [0.15, 0.2) is 18.2 Å².